The second kappa shape index (κ2) is 6.77. The van der Waals surface area contributed by atoms with E-state index in [1.54, 1.807) is 0 Å². The Kier molecular flexibility index (Phi) is 5.64. The zero-order chi connectivity index (χ0) is 12.0. The summed E-state index contributed by atoms with van der Waals surface area (Å²) in [6.45, 7) is 0. The van der Waals surface area contributed by atoms with E-state index in [0.717, 1.165) is 24.0 Å². The molecule has 0 aromatic heterocycles. The van der Waals surface area contributed by atoms with Crippen LogP contribution in [-0.2, 0) is 17.0 Å². The maximum atomic E-state index is 11.5. The van der Waals surface area contributed by atoms with E-state index in [0.29, 0.717) is 17.3 Å². The monoisotopic (exact) mass is 260 g/mol. The van der Waals surface area contributed by atoms with Crippen LogP contribution < -0.4 is 0 Å². The smallest absolute Gasteiger partial charge is 0.338 e. The van der Waals surface area contributed by atoms with Gasteiger partial charge >= 0.3 is 5.97 Å². The fraction of sp³-hybridized carbons (Fsp3) is 0.417. The first-order chi connectivity index (χ1) is 7.72. The number of aryl methyl sites for hydroxylation is 1. The highest BCUT2D eigenvalue weighted by molar-refractivity contribution is 6.18. The van der Waals surface area contributed by atoms with Gasteiger partial charge in [0.2, 0.25) is 0 Å². The van der Waals surface area contributed by atoms with Crippen LogP contribution >= 0.6 is 23.2 Å². The van der Waals surface area contributed by atoms with Crippen LogP contribution in [0.25, 0.3) is 0 Å². The maximum absolute atomic E-state index is 11.5. The molecular formula is C12H14Cl2O2. The molecule has 0 atom stereocenters. The highest BCUT2D eigenvalue weighted by Crippen LogP contribution is 2.16. The second-order valence-electron chi connectivity index (χ2n) is 3.41. The van der Waals surface area contributed by atoms with Crippen molar-refractivity contribution in [2.75, 3.05) is 13.0 Å². The molecule has 0 spiro atoms. The van der Waals surface area contributed by atoms with E-state index in [-0.39, 0.29) is 5.97 Å². The van der Waals surface area contributed by atoms with Gasteiger partial charge in [-0.25, -0.2) is 4.79 Å². The van der Waals surface area contributed by atoms with Crippen molar-refractivity contribution in [1.29, 1.82) is 0 Å². The lowest BCUT2D eigenvalue weighted by Crippen LogP contribution is -2.06. The number of hydrogen-bond acceptors (Lipinski definition) is 2. The molecule has 88 valence electrons. The minimum atomic E-state index is -0.344. The summed E-state index contributed by atoms with van der Waals surface area (Å²) < 4.78 is 4.71. The van der Waals surface area contributed by atoms with Crippen LogP contribution in [0.2, 0.25) is 0 Å². The predicted octanol–water partition coefficient (Wildman–Crippen LogP) is 3.38. The van der Waals surface area contributed by atoms with Gasteiger partial charge < -0.3 is 4.74 Å². The molecule has 1 aromatic rings. The number of halogens is 2. The molecule has 0 aliphatic rings. The van der Waals surface area contributed by atoms with E-state index < -0.39 is 0 Å². The molecule has 0 N–H and O–H groups in total. The van der Waals surface area contributed by atoms with Gasteiger partial charge in [-0.3, -0.25) is 0 Å². The average molecular weight is 261 g/mol. The van der Waals surface area contributed by atoms with E-state index in [4.69, 9.17) is 27.9 Å². The van der Waals surface area contributed by atoms with Crippen molar-refractivity contribution in [2.24, 2.45) is 0 Å². The van der Waals surface area contributed by atoms with Crippen LogP contribution in [-0.4, -0.2) is 19.0 Å². The predicted molar refractivity (Wildman–Crippen MR) is 66.4 cm³/mol. The summed E-state index contributed by atoms with van der Waals surface area (Å²) in [5, 5.41) is 0. The largest absolute Gasteiger partial charge is 0.465 e. The Balaban J connectivity index is 2.96. The van der Waals surface area contributed by atoms with Crippen LogP contribution in [0.15, 0.2) is 18.2 Å². The number of rotatable bonds is 5. The first kappa shape index (κ1) is 13.3. The Morgan fingerprint density at radius 2 is 2.12 bits per heavy atom. The third kappa shape index (κ3) is 3.39. The molecule has 0 radical (unpaired) electrons. The van der Waals surface area contributed by atoms with Gasteiger partial charge in [0.25, 0.3) is 0 Å². The molecule has 0 saturated heterocycles. The van der Waals surface area contributed by atoms with Gasteiger partial charge in [0, 0.05) is 11.8 Å². The van der Waals surface area contributed by atoms with E-state index in [2.05, 4.69) is 0 Å². The van der Waals surface area contributed by atoms with Crippen molar-refractivity contribution in [3.05, 3.63) is 34.9 Å². The Morgan fingerprint density at radius 1 is 1.38 bits per heavy atom. The summed E-state index contributed by atoms with van der Waals surface area (Å²) in [6, 6.07) is 5.66. The Morgan fingerprint density at radius 3 is 2.69 bits per heavy atom. The summed E-state index contributed by atoms with van der Waals surface area (Å²) in [5.74, 6) is 0.578. The molecule has 0 bridgehead atoms. The van der Waals surface area contributed by atoms with Gasteiger partial charge in [-0.2, -0.15) is 0 Å². The summed E-state index contributed by atoms with van der Waals surface area (Å²) >= 11 is 11.4. The molecule has 0 aliphatic heterocycles. The number of alkyl halides is 2. The molecule has 4 heteroatoms. The second-order valence-corrected chi connectivity index (χ2v) is 4.05. The van der Waals surface area contributed by atoms with Gasteiger partial charge in [-0.15, -0.1) is 23.2 Å². The first-order valence-corrected chi connectivity index (χ1v) is 6.12. The number of methoxy groups -OCH3 is 1. The molecule has 0 heterocycles. The summed E-state index contributed by atoms with van der Waals surface area (Å²) in [4.78, 5) is 11.5. The first-order valence-electron chi connectivity index (χ1n) is 5.05. The van der Waals surface area contributed by atoms with Crippen molar-refractivity contribution in [3.63, 3.8) is 0 Å². The number of benzene rings is 1. The zero-order valence-electron chi connectivity index (χ0n) is 9.13. The van der Waals surface area contributed by atoms with Gasteiger partial charge in [0.1, 0.15) is 0 Å². The standard InChI is InChI=1S/C12H14Cl2O2/c1-16-12(15)11-7-9(3-2-6-13)4-5-10(11)8-14/h4-5,7H,2-3,6,8H2,1H3. The third-order valence-electron chi connectivity index (χ3n) is 2.32. The fourth-order valence-electron chi connectivity index (χ4n) is 1.47. The summed E-state index contributed by atoms with van der Waals surface area (Å²) in [6.07, 6.45) is 1.75. The van der Waals surface area contributed by atoms with Crippen LogP contribution in [0.5, 0.6) is 0 Å². The van der Waals surface area contributed by atoms with Crippen molar-refractivity contribution in [1.82, 2.24) is 0 Å². The van der Waals surface area contributed by atoms with Crippen LogP contribution in [0.1, 0.15) is 27.9 Å². The number of carbonyl (C=O) groups excluding carboxylic acids is 1. The molecule has 0 unspecified atom stereocenters. The third-order valence-corrected chi connectivity index (χ3v) is 2.88. The Bertz CT molecular complexity index is 364. The average Bonchev–Trinajstić information content (AvgIpc) is 2.35. The molecule has 0 saturated carbocycles. The highest BCUT2D eigenvalue weighted by Gasteiger charge is 2.11. The SMILES string of the molecule is COC(=O)c1cc(CCCCl)ccc1CCl. The van der Waals surface area contributed by atoms with Gasteiger partial charge in [0.05, 0.1) is 12.7 Å². The summed E-state index contributed by atoms with van der Waals surface area (Å²) in [5.41, 5.74) is 2.42. The van der Waals surface area contributed by atoms with Crippen LogP contribution in [0.3, 0.4) is 0 Å². The van der Waals surface area contributed by atoms with Crippen molar-refractivity contribution >= 4 is 29.2 Å². The van der Waals surface area contributed by atoms with E-state index in [9.17, 15) is 4.79 Å². The lowest BCUT2D eigenvalue weighted by molar-refractivity contribution is 0.0599. The van der Waals surface area contributed by atoms with Gasteiger partial charge in [0.15, 0.2) is 0 Å². The lowest BCUT2D eigenvalue weighted by atomic mass is 10.0. The van der Waals surface area contributed by atoms with Gasteiger partial charge in [-0.1, -0.05) is 12.1 Å². The fourth-order valence-corrected chi connectivity index (χ4v) is 1.83. The molecular weight excluding hydrogens is 247 g/mol. The van der Waals surface area contributed by atoms with E-state index in [1.807, 2.05) is 18.2 Å². The normalized spacial score (nSPS) is 10.2. The number of carbonyl (C=O) groups is 1. The molecule has 1 aromatic carbocycles. The molecule has 2 nitrogen and oxygen atoms in total. The van der Waals surface area contributed by atoms with Crippen LogP contribution in [0.4, 0.5) is 0 Å². The Hall–Kier alpha value is -0.730. The number of hydrogen-bond donors (Lipinski definition) is 0. The molecule has 1 rings (SSSR count). The highest BCUT2D eigenvalue weighted by atomic mass is 35.5. The minimum absolute atomic E-state index is 0.306. The van der Waals surface area contributed by atoms with E-state index >= 15 is 0 Å². The lowest BCUT2D eigenvalue weighted by Gasteiger charge is -2.07. The van der Waals surface area contributed by atoms with Gasteiger partial charge in [-0.05, 0) is 30.0 Å². The molecule has 0 aliphatic carbocycles. The maximum Gasteiger partial charge on any atom is 0.338 e. The number of ether oxygens (including phenoxy) is 1. The van der Waals surface area contributed by atoms with Crippen LogP contribution in [0, 0.1) is 0 Å². The zero-order valence-corrected chi connectivity index (χ0v) is 10.6. The van der Waals surface area contributed by atoms with Crippen molar-refractivity contribution in [2.45, 2.75) is 18.7 Å². The molecule has 0 fully saturated rings. The molecule has 16 heavy (non-hydrogen) atoms. The molecule has 0 amide bonds. The van der Waals surface area contributed by atoms with E-state index in [1.165, 1.54) is 7.11 Å². The minimum Gasteiger partial charge on any atom is -0.465 e. The van der Waals surface area contributed by atoms with Crippen molar-refractivity contribution in [3.8, 4) is 0 Å². The topological polar surface area (TPSA) is 26.3 Å². The summed E-state index contributed by atoms with van der Waals surface area (Å²) in [7, 11) is 1.37. The quantitative estimate of drug-likeness (QED) is 0.600. The van der Waals surface area contributed by atoms with Crippen molar-refractivity contribution < 1.29 is 9.53 Å². The Labute approximate surface area is 106 Å². The number of esters is 1.